The van der Waals surface area contributed by atoms with Gasteiger partial charge in [-0.1, -0.05) is 30.3 Å². The van der Waals surface area contributed by atoms with E-state index in [1.165, 1.54) is 0 Å². The average Bonchev–Trinajstić information content (AvgIpc) is 1.91. The first kappa shape index (κ1) is 6.86. The quantitative estimate of drug-likeness (QED) is 0.600. The lowest BCUT2D eigenvalue weighted by atomic mass is 10.4. The highest BCUT2D eigenvalue weighted by Gasteiger charge is 1.85. The largest absolute Gasteiger partial charge is 0.270 e. The summed E-state index contributed by atoms with van der Waals surface area (Å²) in [6, 6.07) is 9.81. The molecule has 0 spiro atoms. The molecule has 1 aromatic rings. The molecule has 0 amide bonds. The van der Waals surface area contributed by atoms with Crippen molar-refractivity contribution < 1.29 is 4.57 Å². The summed E-state index contributed by atoms with van der Waals surface area (Å²) in [4.78, 5) is 0. The van der Waals surface area contributed by atoms with Gasteiger partial charge < -0.3 is 0 Å². The molecule has 0 aliphatic carbocycles. The van der Waals surface area contributed by atoms with Crippen LogP contribution in [0.5, 0.6) is 0 Å². The lowest BCUT2D eigenvalue weighted by Crippen LogP contribution is -1.85. The maximum Gasteiger partial charge on any atom is 0.182 e. The third-order valence-electron chi connectivity index (χ3n) is 0.949. The van der Waals surface area contributed by atoms with E-state index in [4.69, 9.17) is 0 Å². The minimum absolute atomic E-state index is 0.223. The van der Waals surface area contributed by atoms with Gasteiger partial charge in [-0.25, -0.2) is 0 Å². The van der Waals surface area contributed by atoms with Gasteiger partial charge in [0, 0.05) is 8.27 Å². The molecule has 46 valence electrons. The predicted molar refractivity (Wildman–Crippen MR) is 42.0 cm³/mol. The molecule has 0 N–H and O–H groups in total. The zero-order valence-corrected chi connectivity index (χ0v) is 6.64. The van der Waals surface area contributed by atoms with Gasteiger partial charge in [-0.3, -0.25) is 4.57 Å². The molecule has 0 aromatic heterocycles. The van der Waals surface area contributed by atoms with Gasteiger partial charge in [0.25, 0.3) is 0 Å². The smallest absolute Gasteiger partial charge is 0.182 e. The summed E-state index contributed by atoms with van der Waals surface area (Å²) in [5.74, 6) is 0. The van der Waals surface area contributed by atoms with Crippen molar-refractivity contribution in [1.82, 2.24) is 0 Å². The highest BCUT2D eigenvalue weighted by molar-refractivity contribution is 8.09. The molecular formula is C6H6OP2. The van der Waals surface area contributed by atoms with Gasteiger partial charge in [-0.15, -0.1) is 0 Å². The standard InChI is InChI=1S/C6H6OP2/c7-9-8-6-4-2-1-3-5-6/h1-5,8H. The molecule has 0 radical (unpaired) electrons. The van der Waals surface area contributed by atoms with Crippen LogP contribution in [0.4, 0.5) is 0 Å². The van der Waals surface area contributed by atoms with Crippen LogP contribution in [0, 0.1) is 0 Å². The second-order valence-electron chi connectivity index (χ2n) is 1.57. The maximum atomic E-state index is 10.1. The molecule has 1 rings (SSSR count). The van der Waals surface area contributed by atoms with Gasteiger partial charge >= 0.3 is 0 Å². The van der Waals surface area contributed by atoms with Gasteiger partial charge in [0.2, 0.25) is 0 Å². The van der Waals surface area contributed by atoms with Crippen molar-refractivity contribution in [1.29, 1.82) is 0 Å². The van der Waals surface area contributed by atoms with Crippen molar-refractivity contribution in [3.63, 3.8) is 0 Å². The first-order chi connectivity index (χ1) is 4.43. The third kappa shape index (κ3) is 2.22. The first-order valence-corrected chi connectivity index (χ1v) is 5.22. The molecular weight excluding hydrogens is 150 g/mol. The summed E-state index contributed by atoms with van der Waals surface area (Å²) < 4.78 is 10.1. The Kier molecular flexibility index (Phi) is 2.83. The van der Waals surface area contributed by atoms with Crippen molar-refractivity contribution in [2.45, 2.75) is 0 Å². The van der Waals surface area contributed by atoms with Crippen LogP contribution in [0.3, 0.4) is 0 Å². The molecule has 0 bridgehead atoms. The average molecular weight is 156 g/mol. The zero-order valence-electron chi connectivity index (χ0n) is 4.74. The van der Waals surface area contributed by atoms with E-state index >= 15 is 0 Å². The maximum absolute atomic E-state index is 10.1. The van der Waals surface area contributed by atoms with Crippen molar-refractivity contribution >= 4 is 21.7 Å². The molecule has 0 aliphatic rings. The second-order valence-corrected chi connectivity index (χ2v) is 3.77. The van der Waals surface area contributed by atoms with Crippen LogP contribution in [0.2, 0.25) is 0 Å². The molecule has 3 heteroatoms. The van der Waals surface area contributed by atoms with Gasteiger partial charge in [0.15, 0.2) is 8.15 Å². The lowest BCUT2D eigenvalue weighted by Gasteiger charge is -1.88. The van der Waals surface area contributed by atoms with Gasteiger partial charge in [0.1, 0.15) is 0 Å². The van der Waals surface area contributed by atoms with Crippen molar-refractivity contribution in [2.75, 3.05) is 0 Å². The normalized spacial score (nSPS) is 11.1. The van der Waals surface area contributed by atoms with Crippen LogP contribution >= 0.6 is 16.4 Å². The first-order valence-electron chi connectivity index (χ1n) is 2.57. The van der Waals surface area contributed by atoms with Crippen LogP contribution in [-0.2, 0) is 4.57 Å². The summed E-state index contributed by atoms with van der Waals surface area (Å²) in [5, 5.41) is 1.15. The SMILES string of the molecule is O=PPc1ccccc1. The Balaban J connectivity index is 2.72. The van der Waals surface area contributed by atoms with E-state index in [0.717, 1.165) is 5.30 Å². The number of hydrogen-bond acceptors (Lipinski definition) is 1. The summed E-state index contributed by atoms with van der Waals surface area (Å²) in [7, 11) is 0.627. The number of benzene rings is 1. The van der Waals surface area contributed by atoms with Crippen LogP contribution in [-0.4, -0.2) is 0 Å². The fourth-order valence-corrected chi connectivity index (χ4v) is 1.78. The third-order valence-corrected chi connectivity index (χ3v) is 2.68. The lowest BCUT2D eigenvalue weighted by molar-refractivity contribution is 0.605. The molecule has 1 aromatic carbocycles. The Morgan fingerprint density at radius 3 is 2.44 bits per heavy atom. The fourth-order valence-electron chi connectivity index (χ4n) is 0.565. The minimum Gasteiger partial charge on any atom is -0.270 e. The molecule has 0 saturated carbocycles. The van der Waals surface area contributed by atoms with E-state index in [1.807, 2.05) is 30.3 Å². The van der Waals surface area contributed by atoms with Gasteiger partial charge in [0.05, 0.1) is 0 Å². The molecule has 1 atom stereocenters. The van der Waals surface area contributed by atoms with E-state index < -0.39 is 0 Å². The van der Waals surface area contributed by atoms with E-state index in [1.54, 1.807) is 0 Å². The van der Waals surface area contributed by atoms with Crippen LogP contribution in [0.25, 0.3) is 0 Å². The molecule has 1 nitrogen and oxygen atoms in total. The van der Waals surface area contributed by atoms with Crippen LogP contribution in [0.1, 0.15) is 0 Å². The Hall–Kier alpha value is -0.250. The highest BCUT2D eigenvalue weighted by Crippen LogP contribution is 2.24. The summed E-state index contributed by atoms with van der Waals surface area (Å²) in [6.07, 6.45) is 0. The molecule has 0 saturated heterocycles. The summed E-state index contributed by atoms with van der Waals surface area (Å²) >= 11 is 0. The Morgan fingerprint density at radius 1 is 1.22 bits per heavy atom. The number of hydrogen-bond donors (Lipinski definition) is 0. The topological polar surface area (TPSA) is 17.1 Å². The van der Waals surface area contributed by atoms with E-state index in [9.17, 15) is 4.57 Å². The van der Waals surface area contributed by atoms with E-state index in [-0.39, 0.29) is 8.15 Å². The highest BCUT2D eigenvalue weighted by atomic mass is 32.0. The Morgan fingerprint density at radius 2 is 1.89 bits per heavy atom. The van der Waals surface area contributed by atoms with Crippen LogP contribution in [0.15, 0.2) is 30.3 Å². The molecule has 0 aliphatic heterocycles. The van der Waals surface area contributed by atoms with Crippen molar-refractivity contribution in [3.05, 3.63) is 30.3 Å². The van der Waals surface area contributed by atoms with Gasteiger partial charge in [-0.05, 0) is 5.30 Å². The van der Waals surface area contributed by atoms with Crippen molar-refractivity contribution in [3.8, 4) is 0 Å². The molecule has 1 unspecified atom stereocenters. The van der Waals surface area contributed by atoms with E-state index in [2.05, 4.69) is 0 Å². The monoisotopic (exact) mass is 156 g/mol. The molecule has 9 heavy (non-hydrogen) atoms. The Labute approximate surface area is 57.4 Å². The minimum atomic E-state index is 0.223. The second kappa shape index (κ2) is 3.71. The zero-order chi connectivity index (χ0) is 6.53. The summed E-state index contributed by atoms with van der Waals surface area (Å²) in [6.45, 7) is 0. The van der Waals surface area contributed by atoms with Crippen molar-refractivity contribution in [2.24, 2.45) is 0 Å². The molecule has 0 heterocycles. The van der Waals surface area contributed by atoms with Gasteiger partial charge in [-0.2, -0.15) is 0 Å². The predicted octanol–water partition coefficient (Wildman–Crippen LogP) is 2.20. The fraction of sp³-hybridized carbons (Fsp3) is 0. The van der Waals surface area contributed by atoms with Crippen LogP contribution < -0.4 is 5.30 Å². The summed E-state index contributed by atoms with van der Waals surface area (Å²) in [5.41, 5.74) is 0. The van der Waals surface area contributed by atoms with E-state index in [0.29, 0.717) is 8.27 Å². The molecule has 0 fully saturated rings. The number of rotatable bonds is 2. The Bertz CT molecular complexity index is 186.